The number of carbonyl (C=O) groups is 2. The highest BCUT2D eigenvalue weighted by Crippen LogP contribution is 2.39. The molecule has 2 aromatic carbocycles. The number of nitrogens with zero attached hydrogens (tertiary/aromatic N) is 1. The van der Waals surface area contributed by atoms with Gasteiger partial charge in [0.05, 0.1) is 12.0 Å². The second-order valence-electron chi connectivity index (χ2n) is 7.81. The third kappa shape index (κ3) is 4.24. The van der Waals surface area contributed by atoms with Crippen LogP contribution in [0.2, 0.25) is 0 Å². The van der Waals surface area contributed by atoms with Crippen LogP contribution in [0.25, 0.3) is 0 Å². The van der Waals surface area contributed by atoms with Crippen LogP contribution in [0.15, 0.2) is 54.6 Å². The van der Waals surface area contributed by atoms with E-state index >= 15 is 0 Å². The summed E-state index contributed by atoms with van der Waals surface area (Å²) in [5.41, 5.74) is 1.87. The molecule has 2 aromatic rings. The van der Waals surface area contributed by atoms with Gasteiger partial charge in [-0.2, -0.15) is 0 Å². The summed E-state index contributed by atoms with van der Waals surface area (Å²) in [6.07, 6.45) is 3.42. The van der Waals surface area contributed by atoms with Gasteiger partial charge >= 0.3 is 0 Å². The first-order valence-corrected chi connectivity index (χ1v) is 9.99. The van der Waals surface area contributed by atoms with E-state index in [0.29, 0.717) is 13.1 Å². The van der Waals surface area contributed by atoms with Gasteiger partial charge in [0.25, 0.3) is 0 Å². The Balaban J connectivity index is 1.43. The molecule has 0 aromatic heterocycles. The SMILES string of the molecule is O=C(NCc1cccc(F)c1)[C@@H]1CC[C@H](c2ccccc2)N(C(=O)C2CC2)C1. The molecule has 0 bridgehead atoms. The Morgan fingerprint density at radius 2 is 1.71 bits per heavy atom. The number of hydrogen-bond donors (Lipinski definition) is 1. The third-order valence-electron chi connectivity index (χ3n) is 5.70. The summed E-state index contributed by atoms with van der Waals surface area (Å²) in [6, 6.07) is 16.4. The Morgan fingerprint density at radius 3 is 2.43 bits per heavy atom. The van der Waals surface area contributed by atoms with E-state index in [0.717, 1.165) is 36.8 Å². The first kappa shape index (κ1) is 18.7. The summed E-state index contributed by atoms with van der Waals surface area (Å²) >= 11 is 0. The second kappa shape index (κ2) is 8.13. The van der Waals surface area contributed by atoms with E-state index in [1.807, 2.05) is 23.1 Å². The molecule has 0 spiro atoms. The summed E-state index contributed by atoms with van der Waals surface area (Å²) in [5, 5.41) is 2.91. The second-order valence-corrected chi connectivity index (χ2v) is 7.81. The summed E-state index contributed by atoms with van der Waals surface area (Å²) in [7, 11) is 0. The van der Waals surface area contributed by atoms with Crippen molar-refractivity contribution in [2.24, 2.45) is 11.8 Å². The highest BCUT2D eigenvalue weighted by molar-refractivity contribution is 5.84. The molecule has 4 rings (SSSR count). The molecule has 0 radical (unpaired) electrons. The summed E-state index contributed by atoms with van der Waals surface area (Å²) < 4.78 is 13.3. The van der Waals surface area contributed by atoms with E-state index in [1.54, 1.807) is 12.1 Å². The Bertz CT molecular complexity index is 851. The van der Waals surface area contributed by atoms with Crippen LogP contribution in [0, 0.1) is 17.7 Å². The van der Waals surface area contributed by atoms with Gasteiger partial charge in [-0.3, -0.25) is 9.59 Å². The average Bonchev–Trinajstić information content (AvgIpc) is 3.57. The van der Waals surface area contributed by atoms with Crippen LogP contribution in [0.3, 0.4) is 0 Å². The lowest BCUT2D eigenvalue weighted by molar-refractivity contribution is -0.140. The Hall–Kier alpha value is -2.69. The summed E-state index contributed by atoms with van der Waals surface area (Å²) in [4.78, 5) is 27.5. The molecule has 2 fully saturated rings. The van der Waals surface area contributed by atoms with Gasteiger partial charge in [0.1, 0.15) is 5.82 Å². The summed E-state index contributed by atoms with van der Waals surface area (Å²) in [6.45, 7) is 0.746. The minimum absolute atomic E-state index is 0.0431. The number of likely N-dealkylation sites (tertiary alicyclic amines) is 1. The molecule has 1 heterocycles. The van der Waals surface area contributed by atoms with Gasteiger partial charge in [0.15, 0.2) is 0 Å². The van der Waals surface area contributed by atoms with Crippen molar-refractivity contribution in [3.63, 3.8) is 0 Å². The van der Waals surface area contributed by atoms with Crippen LogP contribution in [0.1, 0.15) is 42.9 Å². The molecule has 2 aliphatic rings. The lowest BCUT2D eigenvalue weighted by atomic mass is 9.88. The number of carbonyl (C=O) groups excluding carboxylic acids is 2. The van der Waals surface area contributed by atoms with Crippen molar-refractivity contribution >= 4 is 11.8 Å². The molecule has 5 heteroatoms. The van der Waals surface area contributed by atoms with E-state index in [-0.39, 0.29) is 35.5 Å². The fourth-order valence-electron chi connectivity index (χ4n) is 4.00. The number of nitrogens with one attached hydrogen (secondary N) is 1. The third-order valence-corrected chi connectivity index (χ3v) is 5.70. The quantitative estimate of drug-likeness (QED) is 0.857. The molecular weight excluding hydrogens is 355 g/mol. The fourth-order valence-corrected chi connectivity index (χ4v) is 4.00. The number of piperidine rings is 1. The largest absolute Gasteiger partial charge is 0.352 e. The van der Waals surface area contributed by atoms with Gasteiger partial charge in [-0.05, 0) is 48.9 Å². The van der Waals surface area contributed by atoms with Gasteiger partial charge in [0.2, 0.25) is 11.8 Å². The number of halogens is 1. The normalized spacial score (nSPS) is 22.0. The van der Waals surface area contributed by atoms with Crippen molar-refractivity contribution in [3.8, 4) is 0 Å². The maximum absolute atomic E-state index is 13.3. The molecular formula is C23H25FN2O2. The molecule has 1 saturated carbocycles. The van der Waals surface area contributed by atoms with Crippen molar-refractivity contribution in [2.75, 3.05) is 6.54 Å². The van der Waals surface area contributed by atoms with Gasteiger partial charge in [-0.25, -0.2) is 4.39 Å². The molecule has 146 valence electrons. The minimum atomic E-state index is -0.309. The smallest absolute Gasteiger partial charge is 0.226 e. The van der Waals surface area contributed by atoms with Gasteiger partial charge in [-0.1, -0.05) is 42.5 Å². The average molecular weight is 380 g/mol. The monoisotopic (exact) mass is 380 g/mol. The molecule has 0 unspecified atom stereocenters. The van der Waals surface area contributed by atoms with Gasteiger partial charge in [0, 0.05) is 19.0 Å². The molecule has 1 N–H and O–H groups in total. The first-order valence-electron chi connectivity index (χ1n) is 9.99. The first-order chi connectivity index (χ1) is 13.6. The summed E-state index contributed by atoms with van der Waals surface area (Å²) in [5.74, 6) is -0.297. The zero-order valence-electron chi connectivity index (χ0n) is 15.8. The van der Waals surface area contributed by atoms with Crippen LogP contribution < -0.4 is 5.32 Å². The molecule has 1 aliphatic carbocycles. The van der Waals surface area contributed by atoms with Crippen LogP contribution >= 0.6 is 0 Å². The van der Waals surface area contributed by atoms with Crippen molar-refractivity contribution in [3.05, 3.63) is 71.5 Å². The molecule has 1 aliphatic heterocycles. The number of rotatable bonds is 5. The van der Waals surface area contributed by atoms with Crippen LogP contribution in [0.4, 0.5) is 4.39 Å². The van der Waals surface area contributed by atoms with Crippen molar-refractivity contribution < 1.29 is 14.0 Å². The molecule has 1 saturated heterocycles. The topological polar surface area (TPSA) is 49.4 Å². The fraction of sp³-hybridized carbons (Fsp3) is 0.391. The van der Waals surface area contributed by atoms with E-state index in [9.17, 15) is 14.0 Å². The van der Waals surface area contributed by atoms with Crippen LogP contribution in [-0.2, 0) is 16.1 Å². The predicted molar refractivity (Wildman–Crippen MR) is 105 cm³/mol. The highest BCUT2D eigenvalue weighted by atomic mass is 19.1. The van der Waals surface area contributed by atoms with Gasteiger partial charge in [-0.15, -0.1) is 0 Å². The molecule has 28 heavy (non-hydrogen) atoms. The maximum Gasteiger partial charge on any atom is 0.226 e. The lowest BCUT2D eigenvalue weighted by Crippen LogP contribution is -2.47. The van der Waals surface area contributed by atoms with Crippen LogP contribution in [-0.4, -0.2) is 23.3 Å². The Labute approximate surface area is 164 Å². The predicted octanol–water partition coefficient (Wildman–Crippen LogP) is 3.83. The zero-order valence-corrected chi connectivity index (χ0v) is 15.8. The van der Waals surface area contributed by atoms with E-state index < -0.39 is 0 Å². The minimum Gasteiger partial charge on any atom is -0.352 e. The molecule has 4 nitrogen and oxygen atoms in total. The van der Waals surface area contributed by atoms with E-state index in [2.05, 4.69) is 17.4 Å². The number of benzene rings is 2. The zero-order chi connectivity index (χ0) is 19.5. The Morgan fingerprint density at radius 1 is 0.964 bits per heavy atom. The maximum atomic E-state index is 13.3. The van der Waals surface area contributed by atoms with E-state index in [4.69, 9.17) is 0 Å². The van der Waals surface area contributed by atoms with Crippen molar-refractivity contribution in [1.29, 1.82) is 0 Å². The van der Waals surface area contributed by atoms with Crippen LogP contribution in [0.5, 0.6) is 0 Å². The Kier molecular flexibility index (Phi) is 5.42. The number of hydrogen-bond acceptors (Lipinski definition) is 2. The van der Waals surface area contributed by atoms with Gasteiger partial charge < -0.3 is 10.2 Å². The highest BCUT2D eigenvalue weighted by Gasteiger charge is 2.41. The number of amides is 2. The molecule has 2 atom stereocenters. The van der Waals surface area contributed by atoms with E-state index in [1.165, 1.54) is 12.1 Å². The van der Waals surface area contributed by atoms with Crippen molar-refractivity contribution in [1.82, 2.24) is 10.2 Å². The molecule has 2 amide bonds. The lowest BCUT2D eigenvalue weighted by Gasteiger charge is -2.39. The van der Waals surface area contributed by atoms with Crippen molar-refractivity contribution in [2.45, 2.75) is 38.3 Å². The standard InChI is InChI=1S/C23H25FN2O2/c24-20-8-4-5-16(13-20)14-25-22(27)19-11-12-21(17-6-2-1-3-7-17)26(15-19)23(28)18-9-10-18/h1-8,13,18-19,21H,9-12,14-15H2,(H,25,27)/t19-,21-/m1/s1.